The van der Waals surface area contributed by atoms with Gasteiger partial charge in [0.25, 0.3) is 0 Å². The molecule has 0 unspecified atom stereocenters. The monoisotopic (exact) mass is 466 g/mol. The number of nitrogens with one attached hydrogen (secondary N) is 4. The third-order valence-electron chi connectivity index (χ3n) is 5.62. The van der Waals surface area contributed by atoms with Crippen LogP contribution >= 0.6 is 24.4 Å². The second-order valence-corrected chi connectivity index (χ2v) is 9.62. The SMILES string of the molecule is CC(C)c1cc(C(C)C)c(CNC(=S)NC2C=CC=C2)cc1CNC(=S)NC1C=CC=C1. The zero-order valence-corrected chi connectivity index (χ0v) is 20.9. The Balaban J connectivity index is 1.71. The van der Waals surface area contributed by atoms with Crippen molar-refractivity contribution < 1.29 is 0 Å². The molecule has 0 saturated heterocycles. The van der Waals surface area contributed by atoms with Crippen LogP contribution in [0.4, 0.5) is 0 Å². The summed E-state index contributed by atoms with van der Waals surface area (Å²) in [5, 5.41) is 14.7. The Morgan fingerprint density at radius 2 is 1.06 bits per heavy atom. The van der Waals surface area contributed by atoms with Gasteiger partial charge in [-0.15, -0.1) is 0 Å². The van der Waals surface area contributed by atoms with E-state index in [1.54, 1.807) is 0 Å². The molecular weight excluding hydrogens is 432 g/mol. The van der Waals surface area contributed by atoms with E-state index in [-0.39, 0.29) is 12.1 Å². The first kappa shape index (κ1) is 24.2. The maximum atomic E-state index is 5.51. The molecule has 0 aliphatic heterocycles. The van der Waals surface area contributed by atoms with Crippen LogP contribution in [0.5, 0.6) is 0 Å². The van der Waals surface area contributed by atoms with Crippen LogP contribution in [0.2, 0.25) is 0 Å². The highest BCUT2D eigenvalue weighted by atomic mass is 32.1. The summed E-state index contributed by atoms with van der Waals surface area (Å²) in [6.45, 7) is 10.3. The molecule has 3 rings (SSSR count). The summed E-state index contributed by atoms with van der Waals surface area (Å²) in [7, 11) is 0. The van der Waals surface area contributed by atoms with Gasteiger partial charge in [0, 0.05) is 13.1 Å². The van der Waals surface area contributed by atoms with Crippen LogP contribution in [0.15, 0.2) is 60.7 Å². The summed E-state index contributed by atoms with van der Waals surface area (Å²) in [6.07, 6.45) is 16.5. The molecule has 4 nitrogen and oxygen atoms in total. The minimum atomic E-state index is 0.167. The fourth-order valence-electron chi connectivity index (χ4n) is 3.92. The molecule has 0 radical (unpaired) electrons. The van der Waals surface area contributed by atoms with E-state index < -0.39 is 0 Å². The van der Waals surface area contributed by atoms with E-state index in [1.807, 2.05) is 24.3 Å². The Kier molecular flexibility index (Phi) is 8.65. The fraction of sp³-hybridized carbons (Fsp3) is 0.385. The minimum Gasteiger partial charge on any atom is -0.359 e. The van der Waals surface area contributed by atoms with E-state index in [0.717, 1.165) is 0 Å². The van der Waals surface area contributed by atoms with Gasteiger partial charge in [0.15, 0.2) is 10.2 Å². The third kappa shape index (κ3) is 6.78. The number of rotatable bonds is 8. The van der Waals surface area contributed by atoms with Gasteiger partial charge in [0.1, 0.15) is 0 Å². The van der Waals surface area contributed by atoms with Crippen molar-refractivity contribution in [1.29, 1.82) is 0 Å². The van der Waals surface area contributed by atoms with Crippen molar-refractivity contribution in [1.82, 2.24) is 21.3 Å². The molecule has 0 heterocycles. The fourth-order valence-corrected chi connectivity index (χ4v) is 4.34. The van der Waals surface area contributed by atoms with E-state index >= 15 is 0 Å². The third-order valence-corrected chi connectivity index (χ3v) is 6.14. The molecule has 4 N–H and O–H groups in total. The molecule has 0 spiro atoms. The number of thiocarbonyl (C=S) groups is 2. The highest BCUT2D eigenvalue weighted by Crippen LogP contribution is 2.28. The van der Waals surface area contributed by atoms with Crippen molar-refractivity contribution in [3.8, 4) is 0 Å². The van der Waals surface area contributed by atoms with Crippen LogP contribution in [-0.2, 0) is 13.1 Å². The summed E-state index contributed by atoms with van der Waals surface area (Å²) in [6, 6.07) is 5.00. The molecule has 0 amide bonds. The molecule has 1 aromatic rings. The highest BCUT2D eigenvalue weighted by Gasteiger charge is 2.16. The van der Waals surface area contributed by atoms with Gasteiger partial charge >= 0.3 is 0 Å². The standard InChI is InChI=1S/C26H34N4S2/c1-17(2)23-14-24(18(3)4)20(16-28-26(32)30-22-11-7-8-12-22)13-19(23)15-27-25(31)29-21-9-5-6-10-21/h5-14,17-18,21-22H,15-16H2,1-4H3,(H2,27,29,31)(H2,28,30,32). The first-order valence-corrected chi connectivity index (χ1v) is 12.1. The van der Waals surface area contributed by atoms with E-state index in [4.69, 9.17) is 24.4 Å². The molecule has 2 aliphatic rings. The van der Waals surface area contributed by atoms with Gasteiger partial charge in [0.05, 0.1) is 12.1 Å². The van der Waals surface area contributed by atoms with Crippen LogP contribution in [0.3, 0.4) is 0 Å². The Bertz CT molecular complexity index is 860. The second kappa shape index (κ2) is 11.4. The van der Waals surface area contributed by atoms with Crippen molar-refractivity contribution in [2.75, 3.05) is 0 Å². The summed E-state index contributed by atoms with van der Waals surface area (Å²) in [5.74, 6) is 0.856. The molecule has 32 heavy (non-hydrogen) atoms. The zero-order chi connectivity index (χ0) is 23.1. The largest absolute Gasteiger partial charge is 0.359 e. The molecule has 0 atom stereocenters. The number of benzene rings is 1. The molecule has 6 heteroatoms. The van der Waals surface area contributed by atoms with E-state index in [9.17, 15) is 0 Å². The van der Waals surface area contributed by atoms with Crippen LogP contribution in [0, 0.1) is 0 Å². The van der Waals surface area contributed by atoms with E-state index in [0.29, 0.717) is 35.2 Å². The smallest absolute Gasteiger partial charge is 0.167 e. The van der Waals surface area contributed by atoms with Crippen molar-refractivity contribution in [3.63, 3.8) is 0 Å². The molecule has 0 bridgehead atoms. The number of hydrogen-bond donors (Lipinski definition) is 4. The Morgan fingerprint density at radius 3 is 1.41 bits per heavy atom. The molecule has 0 fully saturated rings. The van der Waals surface area contributed by atoms with Crippen molar-refractivity contribution in [3.05, 3.63) is 83.0 Å². The number of allylic oxidation sites excluding steroid dienone is 4. The van der Waals surface area contributed by atoms with Crippen LogP contribution in [0.1, 0.15) is 61.8 Å². The van der Waals surface area contributed by atoms with Gasteiger partial charge in [0.2, 0.25) is 0 Å². The lowest BCUT2D eigenvalue weighted by atomic mass is 9.87. The Labute approximate surface area is 203 Å². The summed E-state index contributed by atoms with van der Waals surface area (Å²) >= 11 is 11.0. The molecule has 1 aromatic carbocycles. The minimum absolute atomic E-state index is 0.167. The molecule has 0 aromatic heterocycles. The lowest BCUT2D eigenvalue weighted by Gasteiger charge is -2.23. The first-order chi connectivity index (χ1) is 15.3. The molecular formula is C26H34N4S2. The predicted octanol–water partition coefficient (Wildman–Crippen LogP) is 4.85. The first-order valence-electron chi connectivity index (χ1n) is 11.3. The van der Waals surface area contributed by atoms with Gasteiger partial charge in [-0.1, -0.05) is 88.4 Å². The van der Waals surface area contributed by atoms with Crippen LogP contribution in [0.25, 0.3) is 0 Å². The van der Waals surface area contributed by atoms with Gasteiger partial charge in [-0.05, 0) is 58.5 Å². The van der Waals surface area contributed by atoms with Crippen molar-refractivity contribution in [2.45, 2.75) is 64.7 Å². The maximum Gasteiger partial charge on any atom is 0.167 e. The average Bonchev–Trinajstić information content (AvgIpc) is 3.44. The van der Waals surface area contributed by atoms with Crippen molar-refractivity contribution >= 4 is 34.7 Å². The summed E-state index contributed by atoms with van der Waals surface area (Å²) in [5.41, 5.74) is 5.25. The maximum absolute atomic E-state index is 5.51. The van der Waals surface area contributed by atoms with Gasteiger partial charge in [-0.3, -0.25) is 0 Å². The van der Waals surface area contributed by atoms with Crippen LogP contribution < -0.4 is 21.3 Å². The van der Waals surface area contributed by atoms with Crippen molar-refractivity contribution in [2.24, 2.45) is 0 Å². The number of hydrogen-bond acceptors (Lipinski definition) is 2. The topological polar surface area (TPSA) is 48.1 Å². The molecule has 0 saturated carbocycles. The lowest BCUT2D eigenvalue weighted by Crippen LogP contribution is -2.40. The van der Waals surface area contributed by atoms with Gasteiger partial charge < -0.3 is 21.3 Å². The normalized spacial score (nSPS) is 15.2. The Hall–Kier alpha value is -2.44. The van der Waals surface area contributed by atoms with Crippen LogP contribution in [-0.4, -0.2) is 22.3 Å². The second-order valence-electron chi connectivity index (χ2n) is 8.80. The molecule has 2 aliphatic carbocycles. The molecule has 170 valence electrons. The average molecular weight is 467 g/mol. The zero-order valence-electron chi connectivity index (χ0n) is 19.3. The summed E-state index contributed by atoms with van der Waals surface area (Å²) in [4.78, 5) is 0. The highest BCUT2D eigenvalue weighted by molar-refractivity contribution is 7.80. The van der Waals surface area contributed by atoms with Gasteiger partial charge in [-0.2, -0.15) is 0 Å². The Morgan fingerprint density at radius 1 is 0.688 bits per heavy atom. The van der Waals surface area contributed by atoms with E-state index in [1.165, 1.54) is 22.3 Å². The van der Waals surface area contributed by atoms with E-state index in [2.05, 4.69) is 85.4 Å². The van der Waals surface area contributed by atoms with Gasteiger partial charge in [-0.25, -0.2) is 0 Å². The quantitative estimate of drug-likeness (QED) is 0.411. The predicted molar refractivity (Wildman–Crippen MR) is 144 cm³/mol. The summed E-state index contributed by atoms with van der Waals surface area (Å²) < 4.78 is 0. The lowest BCUT2D eigenvalue weighted by molar-refractivity contribution is 0.760.